The van der Waals surface area contributed by atoms with Crippen LogP contribution in [0.15, 0.2) is 48.7 Å². The second-order valence-electron chi connectivity index (χ2n) is 9.33. The summed E-state index contributed by atoms with van der Waals surface area (Å²) >= 11 is 7.94. The molecule has 3 N–H and O–H groups in total. The van der Waals surface area contributed by atoms with Crippen molar-refractivity contribution >= 4 is 34.0 Å². The van der Waals surface area contributed by atoms with Crippen LogP contribution in [0.25, 0.3) is 0 Å². The fraction of sp³-hybridized carbons (Fsp3) is 0.385. The van der Waals surface area contributed by atoms with Gasteiger partial charge < -0.3 is 25.2 Å². The van der Waals surface area contributed by atoms with Crippen LogP contribution < -0.4 is 20.1 Å². The van der Waals surface area contributed by atoms with Crippen LogP contribution in [0.2, 0.25) is 5.02 Å². The summed E-state index contributed by atoms with van der Waals surface area (Å²) in [5, 5.41) is 17.6. The summed E-state index contributed by atoms with van der Waals surface area (Å²) in [6.45, 7) is 4.32. The first-order valence-electron chi connectivity index (χ1n) is 11.7. The van der Waals surface area contributed by atoms with Gasteiger partial charge in [0, 0.05) is 22.1 Å². The zero-order chi connectivity index (χ0) is 24.6. The van der Waals surface area contributed by atoms with E-state index >= 15 is 0 Å². The fourth-order valence-electron chi connectivity index (χ4n) is 4.37. The van der Waals surface area contributed by atoms with Crippen molar-refractivity contribution in [2.45, 2.75) is 44.2 Å². The molecule has 1 aromatic heterocycles. The van der Waals surface area contributed by atoms with Gasteiger partial charge in [0.15, 0.2) is 16.6 Å². The van der Waals surface area contributed by atoms with Crippen molar-refractivity contribution in [2.24, 2.45) is 5.92 Å². The number of hydrogen-bond acceptors (Lipinski definition) is 7. The number of nitrogens with one attached hydrogen (secondary N) is 2. The monoisotopic (exact) mass is 513 g/mol. The van der Waals surface area contributed by atoms with Gasteiger partial charge in [-0.3, -0.25) is 4.79 Å². The van der Waals surface area contributed by atoms with E-state index in [4.69, 9.17) is 21.1 Å². The van der Waals surface area contributed by atoms with Crippen molar-refractivity contribution in [3.05, 3.63) is 69.7 Å². The van der Waals surface area contributed by atoms with Crippen molar-refractivity contribution in [2.75, 3.05) is 18.7 Å². The number of aliphatic hydroxyl groups excluding tert-OH is 1. The first kappa shape index (κ1) is 24.1. The molecule has 1 saturated carbocycles. The smallest absolute Gasteiger partial charge is 0.236 e. The molecule has 0 saturated heterocycles. The lowest BCUT2D eigenvalue weighted by atomic mass is 9.94. The summed E-state index contributed by atoms with van der Waals surface area (Å²) in [5.74, 6) is 1.52. The quantitative estimate of drug-likeness (QED) is 0.377. The molecule has 184 valence electrons. The molecule has 0 bridgehead atoms. The summed E-state index contributed by atoms with van der Waals surface area (Å²) in [6, 6.07) is 12.9. The Bertz CT molecular complexity index is 1230. The molecule has 1 amide bonds. The molecule has 1 aliphatic carbocycles. The van der Waals surface area contributed by atoms with Crippen LogP contribution in [-0.4, -0.2) is 35.4 Å². The maximum absolute atomic E-state index is 13.3. The summed E-state index contributed by atoms with van der Waals surface area (Å²) in [4.78, 5) is 18.7. The van der Waals surface area contributed by atoms with Crippen LogP contribution in [0.3, 0.4) is 0 Å². The highest BCUT2D eigenvalue weighted by Gasteiger charge is 2.52. The molecule has 35 heavy (non-hydrogen) atoms. The highest BCUT2D eigenvalue weighted by molar-refractivity contribution is 7.15. The topological polar surface area (TPSA) is 92.7 Å². The van der Waals surface area contributed by atoms with Gasteiger partial charge in [-0.1, -0.05) is 61.1 Å². The van der Waals surface area contributed by atoms with Gasteiger partial charge in [-0.05, 0) is 48.1 Å². The third-order valence-electron chi connectivity index (χ3n) is 6.74. The van der Waals surface area contributed by atoms with Crippen molar-refractivity contribution < 1.29 is 19.4 Å². The van der Waals surface area contributed by atoms with Crippen molar-refractivity contribution in [3.63, 3.8) is 0 Å². The van der Waals surface area contributed by atoms with E-state index in [1.165, 1.54) is 11.3 Å². The Labute approximate surface area is 213 Å². The highest BCUT2D eigenvalue weighted by Crippen LogP contribution is 2.51. The second kappa shape index (κ2) is 9.78. The summed E-state index contributed by atoms with van der Waals surface area (Å²) in [7, 11) is 0. The van der Waals surface area contributed by atoms with Crippen LogP contribution in [0, 0.1) is 5.92 Å². The molecule has 3 aromatic rings. The van der Waals surface area contributed by atoms with E-state index < -0.39 is 5.41 Å². The molecule has 1 fully saturated rings. The van der Waals surface area contributed by atoms with Gasteiger partial charge in [-0.25, -0.2) is 4.98 Å². The van der Waals surface area contributed by atoms with Gasteiger partial charge in [-0.2, -0.15) is 0 Å². The van der Waals surface area contributed by atoms with Gasteiger partial charge in [0.2, 0.25) is 12.7 Å². The number of aromatic nitrogens is 1. The minimum absolute atomic E-state index is 0.000924. The molecular weight excluding hydrogens is 486 g/mol. The predicted octanol–water partition coefficient (Wildman–Crippen LogP) is 4.89. The van der Waals surface area contributed by atoms with Gasteiger partial charge in [0.1, 0.15) is 0 Å². The average molecular weight is 514 g/mol. The number of carbonyl (C=O) groups excluding carboxylic acids is 1. The van der Waals surface area contributed by atoms with Crippen molar-refractivity contribution in [1.82, 2.24) is 10.3 Å². The second-order valence-corrected chi connectivity index (χ2v) is 10.8. The summed E-state index contributed by atoms with van der Waals surface area (Å²) < 4.78 is 10.9. The van der Waals surface area contributed by atoms with Crippen LogP contribution in [-0.2, 0) is 10.2 Å². The molecule has 1 aliphatic heterocycles. The molecule has 2 atom stereocenters. The normalized spacial score (nSPS) is 17.3. The lowest BCUT2D eigenvalue weighted by molar-refractivity contribution is -0.118. The number of anilines is 1. The third kappa shape index (κ3) is 4.76. The molecule has 2 aliphatic rings. The van der Waals surface area contributed by atoms with E-state index in [9.17, 15) is 9.90 Å². The third-order valence-corrected chi connectivity index (χ3v) is 8.06. The molecule has 0 radical (unpaired) electrons. The maximum Gasteiger partial charge on any atom is 0.236 e. The first-order chi connectivity index (χ1) is 16.9. The van der Waals surface area contributed by atoms with E-state index in [0.29, 0.717) is 21.7 Å². The Morgan fingerprint density at radius 1 is 1.20 bits per heavy atom. The van der Waals surface area contributed by atoms with Crippen LogP contribution in [0.4, 0.5) is 5.13 Å². The molecule has 5 rings (SSSR count). The Morgan fingerprint density at radius 3 is 2.69 bits per heavy atom. The molecule has 0 spiro atoms. The van der Waals surface area contributed by atoms with Gasteiger partial charge in [0.25, 0.3) is 0 Å². The Morgan fingerprint density at radius 2 is 1.97 bits per heavy atom. The van der Waals surface area contributed by atoms with E-state index in [1.54, 1.807) is 6.20 Å². The van der Waals surface area contributed by atoms with E-state index in [-0.39, 0.29) is 37.3 Å². The number of halogens is 1. The van der Waals surface area contributed by atoms with Crippen LogP contribution in [0.1, 0.15) is 48.7 Å². The molecule has 2 unspecified atom stereocenters. The van der Waals surface area contributed by atoms with E-state index in [2.05, 4.69) is 29.5 Å². The Balaban J connectivity index is 1.37. The van der Waals surface area contributed by atoms with Gasteiger partial charge in [-0.15, -0.1) is 0 Å². The zero-order valence-electron chi connectivity index (χ0n) is 19.6. The number of rotatable bonds is 9. The largest absolute Gasteiger partial charge is 0.454 e. The average Bonchev–Trinajstić information content (AvgIpc) is 3.31. The van der Waals surface area contributed by atoms with Crippen molar-refractivity contribution in [1.29, 1.82) is 0 Å². The number of benzene rings is 2. The molecular formula is C26H28ClN3O4S. The highest BCUT2D eigenvalue weighted by atomic mass is 35.5. The van der Waals surface area contributed by atoms with E-state index in [0.717, 1.165) is 28.8 Å². The minimum atomic E-state index is -0.577. The number of fused-ring (bicyclic) bond motifs is 1. The molecule has 9 heteroatoms. The zero-order valence-corrected chi connectivity index (χ0v) is 21.2. The summed E-state index contributed by atoms with van der Waals surface area (Å²) in [6.07, 6.45) is 3.30. The summed E-state index contributed by atoms with van der Waals surface area (Å²) in [5.41, 5.74) is 1.25. The molecule has 2 aromatic carbocycles. The van der Waals surface area contributed by atoms with Gasteiger partial charge >= 0.3 is 0 Å². The molecule has 2 heterocycles. The fourth-order valence-corrected chi connectivity index (χ4v) is 5.50. The maximum atomic E-state index is 13.3. The number of carbonyl (C=O) groups is 1. The predicted molar refractivity (Wildman–Crippen MR) is 136 cm³/mol. The number of amides is 1. The number of nitrogens with zero attached hydrogens (tertiary/aromatic N) is 1. The lowest BCUT2D eigenvalue weighted by Crippen LogP contribution is -2.39. The minimum Gasteiger partial charge on any atom is -0.454 e. The van der Waals surface area contributed by atoms with Crippen LogP contribution >= 0.6 is 22.9 Å². The number of thiazole rings is 1. The van der Waals surface area contributed by atoms with Crippen LogP contribution in [0.5, 0.6) is 11.5 Å². The number of hydrogen-bond donors (Lipinski definition) is 3. The number of ether oxygens (including phenoxy) is 2. The Kier molecular flexibility index (Phi) is 6.72. The molecule has 7 nitrogen and oxygen atoms in total. The standard InChI is InChI=1S/C26H28ClN3O4S/c1-15(2)19(13-31)29-23(17-5-3-4-6-18(17)27)22-12-28-25(35-22)30-24(32)26(9-10-26)16-7-8-20-21(11-16)34-14-33-20/h3-8,11-12,15,19,23,29,31H,9-10,13-14H2,1-2H3,(H,28,30,32). The lowest BCUT2D eigenvalue weighted by Gasteiger charge is -2.27. The first-order valence-corrected chi connectivity index (χ1v) is 12.9. The number of aliphatic hydroxyl groups is 1. The van der Waals surface area contributed by atoms with E-state index in [1.807, 2.05) is 42.5 Å². The van der Waals surface area contributed by atoms with Gasteiger partial charge in [0.05, 0.1) is 18.1 Å². The van der Waals surface area contributed by atoms with Crippen molar-refractivity contribution in [3.8, 4) is 11.5 Å². The Hall–Kier alpha value is -2.65. The SMILES string of the molecule is CC(C)C(CO)NC(c1cnc(NC(=O)C2(c3ccc4c(c3)OCO4)CC2)s1)c1ccccc1Cl.